The first kappa shape index (κ1) is 14.7. The van der Waals surface area contributed by atoms with Crippen molar-refractivity contribution in [3.8, 4) is 5.88 Å². The average Bonchev–Trinajstić information content (AvgIpc) is 2.88. The maximum absolute atomic E-state index is 5.31. The molecule has 0 saturated carbocycles. The quantitative estimate of drug-likeness (QED) is 0.790. The number of hydrogen-bond donors (Lipinski definition) is 1. The Kier molecular flexibility index (Phi) is 5.31. The summed E-state index contributed by atoms with van der Waals surface area (Å²) in [5.74, 6) is 0.712. The maximum atomic E-state index is 5.31. The summed E-state index contributed by atoms with van der Waals surface area (Å²) in [5.41, 5.74) is 1.10. The molecule has 0 fully saturated rings. The van der Waals surface area contributed by atoms with E-state index in [2.05, 4.69) is 15.3 Å². The summed E-state index contributed by atoms with van der Waals surface area (Å²) in [6.07, 6.45) is 2.74. The van der Waals surface area contributed by atoms with Crippen LogP contribution in [0.25, 0.3) is 0 Å². The van der Waals surface area contributed by atoms with Crippen molar-refractivity contribution in [2.24, 2.45) is 0 Å². The monoisotopic (exact) mass is 292 g/mol. The van der Waals surface area contributed by atoms with Gasteiger partial charge in [-0.05, 0) is 12.1 Å². The highest BCUT2D eigenvalue weighted by atomic mass is 32.1. The van der Waals surface area contributed by atoms with Crippen LogP contribution in [0.2, 0.25) is 0 Å². The van der Waals surface area contributed by atoms with Gasteiger partial charge in [0.1, 0.15) is 0 Å². The van der Waals surface area contributed by atoms with E-state index in [1.807, 2.05) is 43.4 Å². The topological polar surface area (TPSA) is 50.3 Å². The van der Waals surface area contributed by atoms with Crippen LogP contribution in [-0.4, -0.2) is 37.7 Å². The van der Waals surface area contributed by atoms with Crippen molar-refractivity contribution < 1.29 is 4.74 Å². The molecule has 0 atom stereocenters. The molecule has 0 saturated heterocycles. The van der Waals surface area contributed by atoms with Gasteiger partial charge < -0.3 is 15.0 Å². The average molecular weight is 292 g/mol. The Morgan fingerprint density at radius 1 is 1.35 bits per heavy atom. The molecule has 0 unspecified atom stereocenters. The number of aromatic nitrogens is 2. The van der Waals surface area contributed by atoms with Gasteiger partial charge in [-0.25, -0.2) is 0 Å². The Balaban J connectivity index is 1.84. The lowest BCUT2D eigenvalue weighted by atomic mass is 10.3. The predicted molar refractivity (Wildman–Crippen MR) is 82.6 cm³/mol. The first-order valence-corrected chi connectivity index (χ1v) is 7.34. The highest BCUT2D eigenvalue weighted by Gasteiger charge is 2.12. The Bertz CT molecular complexity index is 527. The predicted octanol–water partition coefficient (Wildman–Crippen LogP) is 1.95. The summed E-state index contributed by atoms with van der Waals surface area (Å²) in [6.45, 7) is 1.65. The Hall–Kier alpha value is -1.66. The number of ether oxygens (including phenoxy) is 1. The van der Waals surface area contributed by atoms with Gasteiger partial charge in [-0.1, -0.05) is 17.4 Å². The molecule has 1 N–H and O–H groups in total. The van der Waals surface area contributed by atoms with Crippen LogP contribution in [-0.2, 0) is 13.0 Å². The van der Waals surface area contributed by atoms with Crippen molar-refractivity contribution >= 4 is 16.5 Å². The van der Waals surface area contributed by atoms with E-state index < -0.39 is 0 Å². The summed E-state index contributed by atoms with van der Waals surface area (Å²) < 4.78 is 5.31. The van der Waals surface area contributed by atoms with Crippen LogP contribution in [0, 0.1) is 0 Å². The van der Waals surface area contributed by atoms with Gasteiger partial charge in [0.05, 0.1) is 12.0 Å². The third kappa shape index (κ3) is 3.91. The standard InChI is InChI=1S/C14H20N4OS/c1-18(2)14-17-13(19-3)12(20-14)10-15-9-7-11-6-4-5-8-16-11/h4-6,8,15H,7,9-10H2,1-3H3. The van der Waals surface area contributed by atoms with Crippen molar-refractivity contribution in [3.63, 3.8) is 0 Å². The van der Waals surface area contributed by atoms with Gasteiger partial charge in [-0.15, -0.1) is 0 Å². The van der Waals surface area contributed by atoms with Gasteiger partial charge in [-0.3, -0.25) is 4.98 Å². The summed E-state index contributed by atoms with van der Waals surface area (Å²) in [5, 5.41) is 4.37. The van der Waals surface area contributed by atoms with Crippen molar-refractivity contribution in [3.05, 3.63) is 35.0 Å². The van der Waals surface area contributed by atoms with E-state index in [0.717, 1.165) is 35.2 Å². The summed E-state index contributed by atoms with van der Waals surface area (Å²) in [4.78, 5) is 11.9. The number of nitrogens with one attached hydrogen (secondary N) is 1. The van der Waals surface area contributed by atoms with Crippen LogP contribution in [0.1, 0.15) is 10.6 Å². The fraction of sp³-hybridized carbons (Fsp3) is 0.429. The van der Waals surface area contributed by atoms with Gasteiger partial charge in [0.25, 0.3) is 0 Å². The molecule has 0 spiro atoms. The molecule has 5 nitrogen and oxygen atoms in total. The van der Waals surface area contributed by atoms with Gasteiger partial charge in [-0.2, -0.15) is 4.98 Å². The van der Waals surface area contributed by atoms with Crippen LogP contribution in [0.3, 0.4) is 0 Å². The van der Waals surface area contributed by atoms with Crippen LogP contribution in [0.4, 0.5) is 5.13 Å². The number of anilines is 1. The van der Waals surface area contributed by atoms with Crippen LogP contribution < -0.4 is 15.0 Å². The van der Waals surface area contributed by atoms with Gasteiger partial charge >= 0.3 is 0 Å². The molecule has 6 heteroatoms. The van der Waals surface area contributed by atoms with Gasteiger partial charge in [0.15, 0.2) is 5.13 Å². The summed E-state index contributed by atoms with van der Waals surface area (Å²) in [6, 6.07) is 5.99. The maximum Gasteiger partial charge on any atom is 0.230 e. The van der Waals surface area contributed by atoms with E-state index in [4.69, 9.17) is 4.74 Å². The minimum Gasteiger partial charge on any atom is -0.480 e. The van der Waals surface area contributed by atoms with E-state index in [1.165, 1.54) is 0 Å². The minimum atomic E-state index is 0.712. The molecular formula is C14H20N4OS. The number of hydrogen-bond acceptors (Lipinski definition) is 6. The van der Waals surface area contributed by atoms with E-state index >= 15 is 0 Å². The molecule has 0 radical (unpaired) electrons. The van der Waals surface area contributed by atoms with E-state index in [0.29, 0.717) is 5.88 Å². The second-order valence-electron chi connectivity index (χ2n) is 4.57. The molecule has 0 aliphatic heterocycles. The molecule has 2 heterocycles. The van der Waals surface area contributed by atoms with Crippen molar-refractivity contribution in [2.45, 2.75) is 13.0 Å². The molecule has 0 amide bonds. The second-order valence-corrected chi connectivity index (χ2v) is 5.63. The number of thiazole rings is 1. The molecule has 0 aromatic carbocycles. The third-order valence-corrected chi connectivity index (χ3v) is 4.00. The van der Waals surface area contributed by atoms with Crippen molar-refractivity contribution in [1.82, 2.24) is 15.3 Å². The number of rotatable bonds is 7. The van der Waals surface area contributed by atoms with Gasteiger partial charge in [0, 0.05) is 45.5 Å². The third-order valence-electron chi connectivity index (χ3n) is 2.80. The van der Waals surface area contributed by atoms with Crippen molar-refractivity contribution in [2.75, 3.05) is 32.6 Å². The van der Waals surface area contributed by atoms with Crippen LogP contribution >= 0.6 is 11.3 Å². The Morgan fingerprint density at radius 3 is 2.85 bits per heavy atom. The van der Waals surface area contributed by atoms with E-state index in [9.17, 15) is 0 Å². The molecule has 20 heavy (non-hydrogen) atoms. The van der Waals surface area contributed by atoms with Crippen LogP contribution in [0.15, 0.2) is 24.4 Å². The molecule has 2 aromatic heterocycles. The Labute approximate surface area is 123 Å². The summed E-state index contributed by atoms with van der Waals surface area (Å²) in [7, 11) is 5.62. The minimum absolute atomic E-state index is 0.712. The highest BCUT2D eigenvalue weighted by molar-refractivity contribution is 7.15. The lowest BCUT2D eigenvalue weighted by molar-refractivity contribution is 0.395. The van der Waals surface area contributed by atoms with Crippen LogP contribution in [0.5, 0.6) is 5.88 Å². The molecule has 2 aromatic rings. The van der Waals surface area contributed by atoms with E-state index in [1.54, 1.807) is 18.4 Å². The Morgan fingerprint density at radius 2 is 2.20 bits per heavy atom. The number of pyridine rings is 1. The zero-order valence-corrected chi connectivity index (χ0v) is 12.9. The molecule has 0 bridgehead atoms. The smallest absolute Gasteiger partial charge is 0.230 e. The zero-order chi connectivity index (χ0) is 14.4. The molecular weight excluding hydrogens is 272 g/mol. The SMILES string of the molecule is COc1nc(N(C)C)sc1CNCCc1ccccn1. The lowest BCUT2D eigenvalue weighted by Gasteiger charge is -2.05. The molecule has 0 aliphatic rings. The molecule has 2 rings (SSSR count). The first-order chi connectivity index (χ1) is 9.70. The number of nitrogens with zero attached hydrogens (tertiary/aromatic N) is 3. The summed E-state index contributed by atoms with van der Waals surface area (Å²) >= 11 is 1.65. The largest absolute Gasteiger partial charge is 0.480 e. The fourth-order valence-electron chi connectivity index (χ4n) is 1.75. The zero-order valence-electron chi connectivity index (χ0n) is 12.1. The highest BCUT2D eigenvalue weighted by Crippen LogP contribution is 2.30. The first-order valence-electron chi connectivity index (χ1n) is 6.52. The van der Waals surface area contributed by atoms with Gasteiger partial charge in [0.2, 0.25) is 5.88 Å². The molecule has 0 aliphatic carbocycles. The second kappa shape index (κ2) is 7.21. The fourth-order valence-corrected chi connectivity index (χ4v) is 2.67. The lowest BCUT2D eigenvalue weighted by Crippen LogP contribution is -2.16. The number of methoxy groups -OCH3 is 1. The van der Waals surface area contributed by atoms with E-state index in [-0.39, 0.29) is 0 Å². The molecule has 108 valence electrons. The van der Waals surface area contributed by atoms with Crippen molar-refractivity contribution in [1.29, 1.82) is 0 Å². The normalized spacial score (nSPS) is 10.6.